The molecule has 0 spiro atoms. The number of aliphatic hydroxyl groups excluding tert-OH is 1. The Bertz CT molecular complexity index is 1430. The number of benzene rings is 2. The van der Waals surface area contributed by atoms with Gasteiger partial charge in [-0.15, -0.1) is 0 Å². The third-order valence-corrected chi connectivity index (χ3v) is 6.16. The Balaban J connectivity index is 1.68. The van der Waals surface area contributed by atoms with Crippen LogP contribution in [0.2, 0.25) is 5.02 Å². The van der Waals surface area contributed by atoms with Gasteiger partial charge in [-0.05, 0) is 43.7 Å². The topological polar surface area (TPSA) is 89.3 Å². The average Bonchev–Trinajstić information content (AvgIpc) is 3.28. The monoisotopic (exact) mass is 514 g/mol. The second kappa shape index (κ2) is 10.6. The minimum Gasteiger partial charge on any atom is -0.487 e. The number of para-hydroxylation sites is 1. The van der Waals surface area contributed by atoms with E-state index in [0.29, 0.717) is 39.2 Å². The first kappa shape index (κ1) is 25.5. The van der Waals surface area contributed by atoms with E-state index in [9.17, 15) is 18.7 Å². The van der Waals surface area contributed by atoms with E-state index in [4.69, 9.17) is 16.3 Å². The Labute approximate surface area is 211 Å². The van der Waals surface area contributed by atoms with Crippen molar-refractivity contribution in [2.75, 3.05) is 6.61 Å². The van der Waals surface area contributed by atoms with Crippen molar-refractivity contribution in [2.24, 2.45) is 5.92 Å². The van der Waals surface area contributed by atoms with Crippen LogP contribution in [0.15, 0.2) is 48.8 Å². The van der Waals surface area contributed by atoms with E-state index in [1.54, 1.807) is 32.0 Å². The van der Waals surface area contributed by atoms with Crippen LogP contribution in [0.4, 0.5) is 8.78 Å². The summed E-state index contributed by atoms with van der Waals surface area (Å²) in [4.78, 5) is 16.9. The standard InChI is InChI=1S/C26H25ClF2N4O3/c1-14(12-34)26(35)32-16(3)20-8-17(28)9-22(27)21(20)13-36-24-6-4-5-19-23(7-15(2)31-25(19)24)33-11-18(29)10-30-33/h4-11,14,16,34H,12-13H2,1-3H3,(H,32,35)/t14-,16+/m1/s1. The van der Waals surface area contributed by atoms with Crippen molar-refractivity contribution in [3.8, 4) is 11.4 Å². The smallest absolute Gasteiger partial charge is 0.225 e. The highest BCUT2D eigenvalue weighted by Gasteiger charge is 2.21. The molecule has 1 amide bonds. The number of hydrogen-bond donors (Lipinski definition) is 2. The van der Waals surface area contributed by atoms with Crippen LogP contribution in [0, 0.1) is 24.5 Å². The average molecular weight is 515 g/mol. The maximum absolute atomic E-state index is 14.2. The number of aryl methyl sites for hydroxylation is 1. The molecule has 0 saturated heterocycles. The first-order valence-corrected chi connectivity index (χ1v) is 11.7. The zero-order chi connectivity index (χ0) is 26.0. The molecule has 4 rings (SSSR count). The van der Waals surface area contributed by atoms with Crippen molar-refractivity contribution >= 4 is 28.4 Å². The SMILES string of the molecule is Cc1cc(-n2cc(F)cn2)c2cccc(OCc3c(Cl)cc(F)cc3[C@H](C)NC(=O)[C@H](C)CO)c2n1. The Hall–Kier alpha value is -3.56. The van der Waals surface area contributed by atoms with E-state index in [1.807, 2.05) is 13.0 Å². The number of rotatable bonds is 8. The molecule has 4 aromatic rings. The van der Waals surface area contributed by atoms with Gasteiger partial charge in [-0.1, -0.05) is 30.7 Å². The van der Waals surface area contributed by atoms with Crippen LogP contribution in [0.5, 0.6) is 5.75 Å². The largest absolute Gasteiger partial charge is 0.487 e. The zero-order valence-corrected chi connectivity index (χ0v) is 20.7. The predicted octanol–water partition coefficient (Wildman–Crippen LogP) is 5.05. The zero-order valence-electron chi connectivity index (χ0n) is 19.9. The van der Waals surface area contributed by atoms with Crippen molar-refractivity contribution < 1.29 is 23.4 Å². The number of carbonyl (C=O) groups excluding carboxylic acids is 1. The fraction of sp³-hybridized carbons (Fsp3) is 0.269. The molecule has 2 atom stereocenters. The van der Waals surface area contributed by atoms with Crippen molar-refractivity contribution in [3.63, 3.8) is 0 Å². The molecular weight excluding hydrogens is 490 g/mol. The summed E-state index contributed by atoms with van der Waals surface area (Å²) >= 11 is 6.39. The number of halogens is 3. The van der Waals surface area contributed by atoms with Gasteiger partial charge in [-0.25, -0.2) is 18.4 Å². The quantitative estimate of drug-likeness (QED) is 0.344. The lowest BCUT2D eigenvalue weighted by Gasteiger charge is -2.21. The lowest BCUT2D eigenvalue weighted by atomic mass is 10.0. The molecule has 0 fully saturated rings. The Morgan fingerprint density at radius 2 is 2.00 bits per heavy atom. The van der Waals surface area contributed by atoms with Crippen molar-refractivity contribution in [1.29, 1.82) is 0 Å². The molecule has 2 N–H and O–H groups in total. The molecule has 36 heavy (non-hydrogen) atoms. The first-order chi connectivity index (χ1) is 17.2. The van der Waals surface area contributed by atoms with E-state index in [1.165, 1.54) is 23.0 Å². The summed E-state index contributed by atoms with van der Waals surface area (Å²) in [6.45, 7) is 4.77. The molecular formula is C26H25ClF2N4O3. The highest BCUT2D eigenvalue weighted by atomic mass is 35.5. The van der Waals surface area contributed by atoms with Gasteiger partial charge < -0.3 is 15.2 Å². The van der Waals surface area contributed by atoms with Crippen LogP contribution in [0.25, 0.3) is 16.6 Å². The molecule has 0 saturated carbocycles. The van der Waals surface area contributed by atoms with Gasteiger partial charge in [0, 0.05) is 16.6 Å². The maximum Gasteiger partial charge on any atom is 0.225 e. The van der Waals surface area contributed by atoms with Crippen LogP contribution >= 0.6 is 11.6 Å². The summed E-state index contributed by atoms with van der Waals surface area (Å²) in [7, 11) is 0. The van der Waals surface area contributed by atoms with Gasteiger partial charge in [0.05, 0.1) is 41.7 Å². The third kappa shape index (κ3) is 5.32. The molecule has 0 radical (unpaired) electrons. The highest BCUT2D eigenvalue weighted by Crippen LogP contribution is 2.32. The van der Waals surface area contributed by atoms with Gasteiger partial charge in [-0.2, -0.15) is 5.10 Å². The van der Waals surface area contributed by atoms with Crippen LogP contribution in [-0.4, -0.2) is 32.4 Å². The summed E-state index contributed by atoms with van der Waals surface area (Å²) in [5, 5.41) is 16.9. The molecule has 0 aliphatic carbocycles. The van der Waals surface area contributed by atoms with Crippen molar-refractivity contribution in [3.05, 3.63) is 82.3 Å². The van der Waals surface area contributed by atoms with E-state index in [-0.39, 0.29) is 24.1 Å². The summed E-state index contributed by atoms with van der Waals surface area (Å²) in [5.74, 6) is -1.54. The molecule has 0 aliphatic heterocycles. The maximum atomic E-state index is 14.2. The van der Waals surface area contributed by atoms with Gasteiger partial charge in [0.25, 0.3) is 0 Å². The molecule has 0 bridgehead atoms. The van der Waals surface area contributed by atoms with Crippen LogP contribution < -0.4 is 10.1 Å². The van der Waals surface area contributed by atoms with Crippen LogP contribution in [-0.2, 0) is 11.4 Å². The first-order valence-electron chi connectivity index (χ1n) is 11.3. The molecule has 0 unspecified atom stereocenters. The second-order valence-corrected chi connectivity index (χ2v) is 9.00. The number of carbonyl (C=O) groups is 1. The predicted molar refractivity (Wildman–Crippen MR) is 132 cm³/mol. The minimum absolute atomic E-state index is 0.0231. The number of nitrogens with zero attached hydrogens (tertiary/aromatic N) is 3. The van der Waals surface area contributed by atoms with Gasteiger partial charge >= 0.3 is 0 Å². The number of amides is 1. The third-order valence-electron chi connectivity index (χ3n) is 5.82. The normalized spacial score (nSPS) is 13.0. The Kier molecular flexibility index (Phi) is 7.51. The van der Waals surface area contributed by atoms with Crippen LogP contribution in [0.3, 0.4) is 0 Å². The van der Waals surface area contributed by atoms with E-state index < -0.39 is 23.6 Å². The lowest BCUT2D eigenvalue weighted by molar-refractivity contribution is -0.126. The van der Waals surface area contributed by atoms with E-state index in [0.717, 1.165) is 6.20 Å². The molecule has 2 aromatic heterocycles. The number of pyridine rings is 1. The fourth-order valence-corrected chi connectivity index (χ4v) is 4.16. The molecule has 0 aliphatic rings. The van der Waals surface area contributed by atoms with Gasteiger partial charge in [0.1, 0.15) is 23.7 Å². The van der Waals surface area contributed by atoms with E-state index >= 15 is 0 Å². The highest BCUT2D eigenvalue weighted by molar-refractivity contribution is 6.31. The number of hydrogen-bond acceptors (Lipinski definition) is 5. The van der Waals surface area contributed by atoms with Gasteiger partial charge in [-0.3, -0.25) is 4.79 Å². The molecule has 2 aromatic carbocycles. The number of ether oxygens (including phenoxy) is 1. The second-order valence-electron chi connectivity index (χ2n) is 8.60. The van der Waals surface area contributed by atoms with Gasteiger partial charge in [0.15, 0.2) is 5.82 Å². The molecule has 7 nitrogen and oxygen atoms in total. The fourth-order valence-electron chi connectivity index (χ4n) is 3.90. The van der Waals surface area contributed by atoms with Crippen molar-refractivity contribution in [1.82, 2.24) is 20.1 Å². The van der Waals surface area contributed by atoms with Gasteiger partial charge in [0.2, 0.25) is 5.91 Å². The molecule has 188 valence electrons. The number of fused-ring (bicyclic) bond motifs is 1. The minimum atomic E-state index is -0.612. The Morgan fingerprint density at radius 3 is 2.69 bits per heavy atom. The van der Waals surface area contributed by atoms with Crippen LogP contribution in [0.1, 0.15) is 36.7 Å². The summed E-state index contributed by atoms with van der Waals surface area (Å²) in [6.07, 6.45) is 2.40. The Morgan fingerprint density at radius 1 is 1.22 bits per heavy atom. The molecule has 10 heteroatoms. The lowest BCUT2D eigenvalue weighted by Crippen LogP contribution is -2.33. The summed E-state index contributed by atoms with van der Waals surface area (Å²) in [6, 6.07) is 9.05. The number of nitrogens with one attached hydrogen (secondary N) is 1. The number of aliphatic hydroxyl groups is 1. The molecule has 2 heterocycles. The van der Waals surface area contributed by atoms with E-state index in [2.05, 4.69) is 15.4 Å². The number of aromatic nitrogens is 3. The van der Waals surface area contributed by atoms with Crippen molar-refractivity contribution in [2.45, 2.75) is 33.4 Å². The summed E-state index contributed by atoms with van der Waals surface area (Å²) < 4.78 is 35.4. The summed E-state index contributed by atoms with van der Waals surface area (Å²) in [5.41, 5.74) is 2.82.